The minimum absolute atomic E-state index is 0.635. The van der Waals surface area contributed by atoms with E-state index in [1.165, 1.54) is 32.1 Å². The molecule has 0 amide bonds. The van der Waals surface area contributed by atoms with E-state index in [2.05, 4.69) is 9.97 Å². The number of nitrogens with one attached hydrogen (secondary N) is 1. The number of nitrogen functional groups attached to an aromatic ring is 1. The van der Waals surface area contributed by atoms with Crippen LogP contribution < -0.4 is 5.73 Å². The van der Waals surface area contributed by atoms with Crippen LogP contribution in [0.15, 0.2) is 6.20 Å². The van der Waals surface area contributed by atoms with Crippen LogP contribution in [0.3, 0.4) is 0 Å². The molecule has 1 heterocycles. The standard InChI is InChI=1S/C9H15N3/c10-8-6-11-9(12-8)7-4-2-1-3-5-7/h6-7H,1-5,10H2,(H,11,12). The van der Waals surface area contributed by atoms with Gasteiger partial charge in [0.1, 0.15) is 11.6 Å². The van der Waals surface area contributed by atoms with Crippen molar-refractivity contribution in [3.8, 4) is 0 Å². The molecule has 12 heavy (non-hydrogen) atoms. The van der Waals surface area contributed by atoms with Crippen LogP contribution in [0.5, 0.6) is 0 Å². The third kappa shape index (κ3) is 1.44. The van der Waals surface area contributed by atoms with Crippen LogP contribution in [-0.4, -0.2) is 9.97 Å². The van der Waals surface area contributed by atoms with Crippen LogP contribution in [0.25, 0.3) is 0 Å². The first-order valence-electron chi connectivity index (χ1n) is 4.66. The third-order valence-corrected chi connectivity index (χ3v) is 2.61. The summed E-state index contributed by atoms with van der Waals surface area (Å²) in [5, 5.41) is 0. The Morgan fingerprint density at radius 3 is 2.67 bits per heavy atom. The number of imidazole rings is 1. The Labute approximate surface area is 72.4 Å². The van der Waals surface area contributed by atoms with E-state index < -0.39 is 0 Å². The molecule has 1 aliphatic rings. The highest BCUT2D eigenvalue weighted by Gasteiger charge is 2.17. The normalized spacial score (nSPS) is 19.7. The number of aromatic amines is 1. The lowest BCUT2D eigenvalue weighted by molar-refractivity contribution is 0.431. The van der Waals surface area contributed by atoms with Crippen molar-refractivity contribution in [2.45, 2.75) is 38.0 Å². The Morgan fingerprint density at radius 2 is 2.08 bits per heavy atom. The third-order valence-electron chi connectivity index (χ3n) is 2.61. The van der Waals surface area contributed by atoms with Crippen molar-refractivity contribution in [1.29, 1.82) is 0 Å². The topological polar surface area (TPSA) is 54.7 Å². The summed E-state index contributed by atoms with van der Waals surface area (Å²) in [7, 11) is 0. The fourth-order valence-electron chi connectivity index (χ4n) is 1.94. The number of nitrogens with zero attached hydrogens (tertiary/aromatic N) is 1. The van der Waals surface area contributed by atoms with Gasteiger partial charge in [0.25, 0.3) is 0 Å². The smallest absolute Gasteiger partial charge is 0.120 e. The number of aromatic nitrogens is 2. The predicted octanol–water partition coefficient (Wildman–Crippen LogP) is 2.04. The molecule has 2 rings (SSSR count). The van der Waals surface area contributed by atoms with E-state index in [-0.39, 0.29) is 0 Å². The zero-order valence-corrected chi connectivity index (χ0v) is 7.21. The van der Waals surface area contributed by atoms with E-state index in [1.54, 1.807) is 6.20 Å². The molecule has 3 N–H and O–H groups in total. The first-order chi connectivity index (χ1) is 5.86. The van der Waals surface area contributed by atoms with Crippen molar-refractivity contribution in [3.05, 3.63) is 12.0 Å². The van der Waals surface area contributed by atoms with Crippen molar-refractivity contribution in [2.24, 2.45) is 0 Å². The second-order valence-corrected chi connectivity index (χ2v) is 3.56. The number of hydrogen-bond donors (Lipinski definition) is 2. The van der Waals surface area contributed by atoms with Gasteiger partial charge in [-0.1, -0.05) is 19.3 Å². The maximum atomic E-state index is 5.57. The van der Waals surface area contributed by atoms with Crippen molar-refractivity contribution in [3.63, 3.8) is 0 Å². The van der Waals surface area contributed by atoms with Gasteiger partial charge in [-0.25, -0.2) is 4.98 Å². The Kier molecular flexibility index (Phi) is 2.02. The van der Waals surface area contributed by atoms with Gasteiger partial charge in [0.05, 0.1) is 6.20 Å². The fourth-order valence-corrected chi connectivity index (χ4v) is 1.94. The molecule has 3 heteroatoms. The minimum Gasteiger partial charge on any atom is -0.384 e. The molecular weight excluding hydrogens is 150 g/mol. The Bertz CT molecular complexity index is 248. The summed E-state index contributed by atoms with van der Waals surface area (Å²) in [5.41, 5.74) is 5.57. The van der Waals surface area contributed by atoms with Gasteiger partial charge in [-0.2, -0.15) is 0 Å². The Balaban J connectivity index is 2.08. The average Bonchev–Trinajstić information content (AvgIpc) is 2.54. The molecule has 0 saturated heterocycles. The highest BCUT2D eigenvalue weighted by molar-refractivity contribution is 5.25. The highest BCUT2D eigenvalue weighted by atomic mass is 15.0. The zero-order chi connectivity index (χ0) is 8.39. The van der Waals surface area contributed by atoms with Crippen LogP contribution >= 0.6 is 0 Å². The average molecular weight is 165 g/mol. The molecule has 1 saturated carbocycles. The van der Waals surface area contributed by atoms with Crippen molar-refractivity contribution >= 4 is 5.82 Å². The zero-order valence-electron chi connectivity index (χ0n) is 7.21. The number of hydrogen-bond acceptors (Lipinski definition) is 2. The van der Waals surface area contributed by atoms with E-state index in [9.17, 15) is 0 Å². The van der Waals surface area contributed by atoms with E-state index in [0.717, 1.165) is 5.82 Å². The van der Waals surface area contributed by atoms with Gasteiger partial charge in [-0.05, 0) is 12.8 Å². The van der Waals surface area contributed by atoms with Crippen LogP contribution in [0, 0.1) is 0 Å². The monoisotopic (exact) mass is 165 g/mol. The molecule has 0 bridgehead atoms. The summed E-state index contributed by atoms with van der Waals surface area (Å²) in [4.78, 5) is 7.37. The molecule has 0 radical (unpaired) electrons. The molecule has 0 unspecified atom stereocenters. The van der Waals surface area contributed by atoms with Crippen molar-refractivity contribution in [1.82, 2.24) is 9.97 Å². The van der Waals surface area contributed by atoms with Crippen LogP contribution in [0.4, 0.5) is 5.82 Å². The van der Waals surface area contributed by atoms with Crippen molar-refractivity contribution < 1.29 is 0 Å². The second-order valence-electron chi connectivity index (χ2n) is 3.56. The quantitative estimate of drug-likeness (QED) is 0.669. The maximum Gasteiger partial charge on any atom is 0.120 e. The summed E-state index contributed by atoms with van der Waals surface area (Å²) < 4.78 is 0. The molecule has 1 fully saturated rings. The number of rotatable bonds is 1. The molecule has 3 nitrogen and oxygen atoms in total. The largest absolute Gasteiger partial charge is 0.384 e. The number of anilines is 1. The second kappa shape index (κ2) is 3.17. The Hall–Kier alpha value is -0.990. The summed E-state index contributed by atoms with van der Waals surface area (Å²) in [6, 6.07) is 0. The van der Waals surface area contributed by atoms with E-state index in [1.807, 2.05) is 0 Å². The maximum absolute atomic E-state index is 5.57. The fraction of sp³-hybridized carbons (Fsp3) is 0.667. The van der Waals surface area contributed by atoms with Gasteiger partial charge in [-0.15, -0.1) is 0 Å². The van der Waals surface area contributed by atoms with Gasteiger partial charge < -0.3 is 10.7 Å². The molecule has 66 valence electrons. The summed E-state index contributed by atoms with van der Waals surface area (Å²) in [5.74, 6) is 2.42. The number of nitrogens with two attached hydrogens (primary N) is 1. The van der Waals surface area contributed by atoms with Gasteiger partial charge in [0, 0.05) is 5.92 Å². The summed E-state index contributed by atoms with van der Waals surface area (Å²) in [6.07, 6.45) is 8.31. The minimum atomic E-state index is 0.635. The predicted molar refractivity (Wildman–Crippen MR) is 48.8 cm³/mol. The van der Waals surface area contributed by atoms with Crippen LogP contribution in [0.1, 0.15) is 43.8 Å². The first-order valence-corrected chi connectivity index (χ1v) is 4.66. The molecule has 1 aliphatic carbocycles. The van der Waals surface area contributed by atoms with E-state index in [4.69, 9.17) is 5.73 Å². The lowest BCUT2D eigenvalue weighted by Crippen LogP contribution is -2.06. The van der Waals surface area contributed by atoms with Crippen LogP contribution in [0.2, 0.25) is 0 Å². The van der Waals surface area contributed by atoms with Crippen molar-refractivity contribution in [2.75, 3.05) is 5.73 Å². The molecule has 1 aromatic rings. The molecule has 1 aromatic heterocycles. The first kappa shape index (κ1) is 7.65. The van der Waals surface area contributed by atoms with Gasteiger partial charge in [-0.3, -0.25) is 0 Å². The molecule has 0 aliphatic heterocycles. The van der Waals surface area contributed by atoms with E-state index in [0.29, 0.717) is 11.7 Å². The van der Waals surface area contributed by atoms with Crippen LogP contribution in [-0.2, 0) is 0 Å². The summed E-state index contributed by atoms with van der Waals surface area (Å²) in [6.45, 7) is 0. The SMILES string of the molecule is Nc1cnc(C2CCCCC2)[nH]1. The number of H-pyrrole nitrogens is 1. The molecule has 0 aromatic carbocycles. The molecule has 0 atom stereocenters. The van der Waals surface area contributed by atoms with Gasteiger partial charge in [0.15, 0.2) is 0 Å². The highest BCUT2D eigenvalue weighted by Crippen LogP contribution is 2.30. The molecule has 0 spiro atoms. The Morgan fingerprint density at radius 1 is 1.33 bits per heavy atom. The lowest BCUT2D eigenvalue weighted by Gasteiger charge is -2.18. The van der Waals surface area contributed by atoms with E-state index >= 15 is 0 Å². The van der Waals surface area contributed by atoms with Gasteiger partial charge >= 0.3 is 0 Å². The summed E-state index contributed by atoms with van der Waals surface area (Å²) >= 11 is 0. The molecular formula is C9H15N3. The van der Waals surface area contributed by atoms with Gasteiger partial charge in [0.2, 0.25) is 0 Å². The lowest BCUT2D eigenvalue weighted by atomic mass is 9.89.